The van der Waals surface area contributed by atoms with Crippen LogP contribution in [0.3, 0.4) is 0 Å². The Morgan fingerprint density at radius 2 is 1.89 bits per heavy atom. The second-order valence-corrected chi connectivity index (χ2v) is 3.80. The van der Waals surface area contributed by atoms with Gasteiger partial charge in [-0.1, -0.05) is 6.92 Å². The van der Waals surface area contributed by atoms with Crippen LogP contribution in [0.15, 0.2) is 6.07 Å². The first-order chi connectivity index (χ1) is 8.44. The van der Waals surface area contributed by atoms with Crippen molar-refractivity contribution in [3.05, 3.63) is 11.9 Å². The Kier molecular flexibility index (Phi) is 5.18. The zero-order chi connectivity index (χ0) is 13.6. The molecule has 1 rings (SSSR count). The smallest absolute Gasteiger partial charge is 0.373 e. The molecule has 102 valence electrons. The van der Waals surface area contributed by atoms with Gasteiger partial charge in [0.05, 0.1) is 0 Å². The molecule has 0 saturated heterocycles. The van der Waals surface area contributed by atoms with Gasteiger partial charge in [-0.15, -0.1) is 0 Å². The second kappa shape index (κ2) is 6.42. The van der Waals surface area contributed by atoms with E-state index in [4.69, 9.17) is 0 Å². The number of anilines is 2. The first-order valence-electron chi connectivity index (χ1n) is 5.81. The third-order valence-corrected chi connectivity index (χ3v) is 2.29. The van der Waals surface area contributed by atoms with Gasteiger partial charge in [0.25, 0.3) is 0 Å². The summed E-state index contributed by atoms with van der Waals surface area (Å²) in [5, 5.41) is 5.76. The zero-order valence-corrected chi connectivity index (χ0v) is 10.4. The van der Waals surface area contributed by atoms with Crippen LogP contribution < -0.4 is 10.6 Å². The molecule has 0 aromatic carbocycles. The van der Waals surface area contributed by atoms with Gasteiger partial charge in [-0.05, 0) is 6.42 Å². The van der Waals surface area contributed by atoms with Gasteiger partial charge >= 0.3 is 6.18 Å². The quantitative estimate of drug-likeness (QED) is 0.774. The van der Waals surface area contributed by atoms with Crippen molar-refractivity contribution in [3.63, 3.8) is 0 Å². The maximum Gasteiger partial charge on any atom is 0.389 e. The lowest BCUT2D eigenvalue weighted by Gasteiger charge is -2.10. The first-order valence-corrected chi connectivity index (χ1v) is 5.81. The van der Waals surface area contributed by atoms with E-state index >= 15 is 0 Å². The lowest BCUT2D eigenvalue weighted by atomic mass is 10.3. The highest BCUT2D eigenvalue weighted by molar-refractivity contribution is 5.47. The first kappa shape index (κ1) is 14.5. The van der Waals surface area contributed by atoms with Gasteiger partial charge in [-0.25, -0.2) is 9.97 Å². The number of alkyl halides is 3. The third-order valence-electron chi connectivity index (χ3n) is 2.29. The summed E-state index contributed by atoms with van der Waals surface area (Å²) in [6.07, 6.45) is -4.18. The van der Waals surface area contributed by atoms with E-state index in [1.807, 2.05) is 6.92 Å². The van der Waals surface area contributed by atoms with Crippen molar-refractivity contribution in [3.8, 4) is 0 Å². The van der Waals surface area contributed by atoms with Crippen LogP contribution in [0.1, 0.15) is 25.6 Å². The molecule has 1 aromatic heterocycles. The Labute approximate surface area is 104 Å². The monoisotopic (exact) mass is 262 g/mol. The van der Waals surface area contributed by atoms with Gasteiger partial charge in [0.15, 0.2) is 0 Å². The number of hydrogen-bond donors (Lipinski definition) is 2. The van der Waals surface area contributed by atoms with E-state index in [1.165, 1.54) is 0 Å². The molecule has 0 aliphatic heterocycles. The van der Waals surface area contributed by atoms with E-state index in [0.717, 1.165) is 0 Å². The van der Waals surface area contributed by atoms with E-state index < -0.39 is 12.6 Å². The molecule has 0 aliphatic carbocycles. The Hall–Kier alpha value is -1.53. The Morgan fingerprint density at radius 3 is 2.44 bits per heavy atom. The number of nitrogens with zero attached hydrogens (tertiary/aromatic N) is 2. The van der Waals surface area contributed by atoms with Crippen LogP contribution in [0.2, 0.25) is 0 Å². The molecule has 0 unspecified atom stereocenters. The molecule has 0 saturated carbocycles. The van der Waals surface area contributed by atoms with Crippen molar-refractivity contribution in [2.75, 3.05) is 24.2 Å². The van der Waals surface area contributed by atoms with Crippen molar-refractivity contribution in [1.82, 2.24) is 9.97 Å². The highest BCUT2D eigenvalue weighted by Gasteiger charge is 2.25. The van der Waals surface area contributed by atoms with Crippen LogP contribution >= 0.6 is 0 Å². The molecule has 0 bridgehead atoms. The predicted molar refractivity (Wildman–Crippen MR) is 64.7 cm³/mol. The van der Waals surface area contributed by atoms with Crippen molar-refractivity contribution < 1.29 is 13.2 Å². The number of aryl methyl sites for hydroxylation is 1. The predicted octanol–water partition coefficient (Wildman–Crippen LogP) is 2.84. The molecule has 18 heavy (non-hydrogen) atoms. The zero-order valence-electron chi connectivity index (χ0n) is 10.4. The summed E-state index contributed by atoms with van der Waals surface area (Å²) in [5.74, 6) is 1.86. The topological polar surface area (TPSA) is 49.8 Å². The van der Waals surface area contributed by atoms with Gasteiger partial charge in [0, 0.05) is 32.5 Å². The van der Waals surface area contributed by atoms with Crippen LogP contribution in [-0.2, 0) is 6.42 Å². The fourth-order valence-corrected chi connectivity index (χ4v) is 1.38. The van der Waals surface area contributed by atoms with Gasteiger partial charge in [-0.3, -0.25) is 0 Å². The van der Waals surface area contributed by atoms with E-state index in [0.29, 0.717) is 23.9 Å². The number of aromatic nitrogens is 2. The summed E-state index contributed by atoms with van der Waals surface area (Å²) in [6, 6.07) is 1.67. The Balaban J connectivity index is 2.51. The highest BCUT2D eigenvalue weighted by atomic mass is 19.4. The maximum atomic E-state index is 12.0. The van der Waals surface area contributed by atoms with Crippen molar-refractivity contribution in [2.24, 2.45) is 0 Å². The van der Waals surface area contributed by atoms with Crippen LogP contribution in [-0.4, -0.2) is 29.7 Å². The fraction of sp³-hybridized carbons (Fsp3) is 0.636. The van der Waals surface area contributed by atoms with Gasteiger partial charge < -0.3 is 10.6 Å². The third kappa shape index (κ3) is 5.20. The van der Waals surface area contributed by atoms with E-state index in [-0.39, 0.29) is 13.0 Å². The molecule has 0 atom stereocenters. The van der Waals surface area contributed by atoms with Crippen molar-refractivity contribution >= 4 is 11.6 Å². The molecule has 0 spiro atoms. The molecule has 1 heterocycles. The van der Waals surface area contributed by atoms with Gasteiger partial charge in [0.1, 0.15) is 17.5 Å². The van der Waals surface area contributed by atoms with Gasteiger partial charge in [-0.2, -0.15) is 13.2 Å². The summed E-state index contributed by atoms with van der Waals surface area (Å²) in [5.41, 5.74) is 0. The molecule has 4 nitrogen and oxygen atoms in total. The average Bonchev–Trinajstić information content (AvgIpc) is 2.33. The lowest BCUT2D eigenvalue weighted by Crippen LogP contribution is -2.12. The van der Waals surface area contributed by atoms with Crippen molar-refractivity contribution in [2.45, 2.75) is 32.4 Å². The molecular formula is C11H17F3N4. The summed E-state index contributed by atoms with van der Waals surface area (Å²) in [4.78, 5) is 8.39. The summed E-state index contributed by atoms with van der Waals surface area (Å²) in [7, 11) is 1.73. The Bertz CT molecular complexity index is 357. The molecule has 2 N–H and O–H groups in total. The minimum Gasteiger partial charge on any atom is -0.373 e. The molecule has 0 aliphatic rings. The number of nitrogens with one attached hydrogen (secondary N) is 2. The number of rotatable bonds is 6. The molecule has 7 heteroatoms. The van der Waals surface area contributed by atoms with Crippen LogP contribution in [0, 0.1) is 0 Å². The van der Waals surface area contributed by atoms with Crippen LogP contribution in [0.25, 0.3) is 0 Å². The highest BCUT2D eigenvalue weighted by Crippen LogP contribution is 2.21. The van der Waals surface area contributed by atoms with Gasteiger partial charge in [0.2, 0.25) is 0 Å². The van der Waals surface area contributed by atoms with E-state index in [9.17, 15) is 13.2 Å². The SMILES string of the molecule is CCc1nc(NC)cc(NCCCC(F)(F)F)n1. The molecular weight excluding hydrogens is 245 g/mol. The van der Waals surface area contributed by atoms with Crippen LogP contribution in [0.5, 0.6) is 0 Å². The van der Waals surface area contributed by atoms with E-state index in [1.54, 1.807) is 13.1 Å². The number of hydrogen-bond acceptors (Lipinski definition) is 4. The van der Waals surface area contributed by atoms with Crippen LogP contribution in [0.4, 0.5) is 24.8 Å². The lowest BCUT2D eigenvalue weighted by molar-refractivity contribution is -0.134. The molecule has 0 fully saturated rings. The van der Waals surface area contributed by atoms with E-state index in [2.05, 4.69) is 20.6 Å². The summed E-state index contributed by atoms with van der Waals surface area (Å²) < 4.78 is 35.9. The summed E-state index contributed by atoms with van der Waals surface area (Å²) in [6.45, 7) is 2.16. The minimum atomic E-state index is -4.10. The average molecular weight is 262 g/mol. The van der Waals surface area contributed by atoms with Crippen molar-refractivity contribution in [1.29, 1.82) is 0 Å². The summed E-state index contributed by atoms with van der Waals surface area (Å²) >= 11 is 0. The molecule has 0 amide bonds. The second-order valence-electron chi connectivity index (χ2n) is 3.80. The minimum absolute atomic E-state index is 0.0316. The molecule has 0 radical (unpaired) electrons. The maximum absolute atomic E-state index is 12.0. The fourth-order valence-electron chi connectivity index (χ4n) is 1.38. The number of halogens is 3. The molecule has 1 aromatic rings. The standard InChI is InChI=1S/C11H17F3N4/c1-3-8-17-9(15-2)7-10(18-8)16-6-4-5-11(12,13)14/h7H,3-6H2,1-2H3,(H2,15,16,17,18). The normalized spacial score (nSPS) is 11.4. The Morgan fingerprint density at radius 1 is 1.22 bits per heavy atom. The largest absolute Gasteiger partial charge is 0.389 e.